The summed E-state index contributed by atoms with van der Waals surface area (Å²) in [5.74, 6) is 0.800. The lowest BCUT2D eigenvalue weighted by Gasteiger charge is -2.32. The van der Waals surface area contributed by atoms with Crippen molar-refractivity contribution in [2.45, 2.75) is 25.8 Å². The summed E-state index contributed by atoms with van der Waals surface area (Å²) >= 11 is 8.68. The fraction of sp³-hybridized carbons (Fsp3) is 0.533. The third-order valence-corrected chi connectivity index (χ3v) is 4.74. The van der Waals surface area contributed by atoms with Crippen LogP contribution < -0.4 is 10.6 Å². The number of nitrogens with two attached hydrogens (primary N) is 1. The largest absolute Gasteiger partial charge is 0.389 e. The summed E-state index contributed by atoms with van der Waals surface area (Å²) in [6.45, 7) is 3.90. The van der Waals surface area contributed by atoms with Gasteiger partial charge in [-0.05, 0) is 59.8 Å². The number of halogens is 1. The molecule has 0 spiro atoms. The first kappa shape index (κ1) is 15.7. The van der Waals surface area contributed by atoms with Crippen molar-refractivity contribution in [1.82, 2.24) is 0 Å². The second-order valence-corrected chi connectivity index (χ2v) is 6.59. The van der Waals surface area contributed by atoms with E-state index < -0.39 is 0 Å². The number of hydrogen-bond acceptors (Lipinski definition) is 3. The van der Waals surface area contributed by atoms with Crippen LogP contribution in [0.15, 0.2) is 22.7 Å². The van der Waals surface area contributed by atoms with Gasteiger partial charge in [0.25, 0.3) is 0 Å². The number of ether oxygens (including phenoxy) is 1. The molecule has 5 heteroatoms. The van der Waals surface area contributed by atoms with Gasteiger partial charge in [-0.15, -0.1) is 0 Å². The molecule has 110 valence electrons. The number of rotatable bonds is 7. The minimum Gasteiger partial charge on any atom is -0.389 e. The average Bonchev–Trinajstić information content (AvgIpc) is 3.24. The molecule has 1 aromatic rings. The lowest BCUT2D eigenvalue weighted by atomic mass is 10.1. The SMILES string of the molecule is COCCN(c1ccc(C(N)=S)cc1Br)C(C)C1CC1. The average molecular weight is 357 g/mol. The Morgan fingerprint density at radius 1 is 1.55 bits per heavy atom. The number of methoxy groups -OCH3 is 1. The predicted molar refractivity (Wildman–Crippen MR) is 91.4 cm³/mol. The van der Waals surface area contributed by atoms with Crippen LogP contribution in [0.2, 0.25) is 0 Å². The van der Waals surface area contributed by atoms with Gasteiger partial charge >= 0.3 is 0 Å². The molecule has 0 aliphatic heterocycles. The Kier molecular flexibility index (Phi) is 5.41. The van der Waals surface area contributed by atoms with Crippen LogP contribution in [0.5, 0.6) is 0 Å². The van der Waals surface area contributed by atoms with Crippen LogP contribution in [0, 0.1) is 5.92 Å². The van der Waals surface area contributed by atoms with E-state index in [1.54, 1.807) is 7.11 Å². The smallest absolute Gasteiger partial charge is 0.104 e. The fourth-order valence-electron chi connectivity index (χ4n) is 2.46. The van der Waals surface area contributed by atoms with Crippen LogP contribution in [-0.4, -0.2) is 31.3 Å². The van der Waals surface area contributed by atoms with Gasteiger partial charge in [-0.1, -0.05) is 12.2 Å². The van der Waals surface area contributed by atoms with Gasteiger partial charge in [0, 0.05) is 29.7 Å². The summed E-state index contributed by atoms with van der Waals surface area (Å²) in [4.78, 5) is 2.84. The number of nitrogens with zero attached hydrogens (tertiary/aromatic N) is 1. The van der Waals surface area contributed by atoms with Gasteiger partial charge in [-0.3, -0.25) is 0 Å². The molecule has 0 saturated heterocycles. The lowest BCUT2D eigenvalue weighted by molar-refractivity contribution is 0.202. The standard InChI is InChI=1S/C15H21BrN2OS/c1-10(11-3-4-11)18(7-8-19-2)14-6-5-12(15(17)20)9-13(14)16/h5-6,9-11H,3-4,7-8H2,1-2H3,(H2,17,20). The highest BCUT2D eigenvalue weighted by Crippen LogP contribution is 2.38. The van der Waals surface area contributed by atoms with E-state index in [-0.39, 0.29) is 0 Å². The van der Waals surface area contributed by atoms with E-state index in [4.69, 9.17) is 22.7 Å². The second-order valence-electron chi connectivity index (χ2n) is 5.29. The van der Waals surface area contributed by atoms with E-state index in [1.165, 1.54) is 18.5 Å². The van der Waals surface area contributed by atoms with Gasteiger partial charge in [-0.2, -0.15) is 0 Å². The summed E-state index contributed by atoms with van der Waals surface area (Å²) in [5, 5.41) is 0. The first-order chi connectivity index (χ1) is 9.54. The van der Waals surface area contributed by atoms with Crippen molar-refractivity contribution in [2.75, 3.05) is 25.2 Å². The fourth-order valence-corrected chi connectivity index (χ4v) is 3.19. The van der Waals surface area contributed by atoms with Crippen LogP contribution in [0.25, 0.3) is 0 Å². The summed E-state index contributed by atoms with van der Waals surface area (Å²) in [6, 6.07) is 6.60. The van der Waals surface area contributed by atoms with Gasteiger partial charge in [-0.25, -0.2) is 0 Å². The molecule has 0 amide bonds. The van der Waals surface area contributed by atoms with E-state index in [0.29, 0.717) is 11.0 Å². The van der Waals surface area contributed by atoms with Crippen molar-refractivity contribution in [3.05, 3.63) is 28.2 Å². The molecule has 1 aromatic carbocycles. The van der Waals surface area contributed by atoms with Crippen molar-refractivity contribution in [2.24, 2.45) is 11.7 Å². The van der Waals surface area contributed by atoms with Gasteiger partial charge in [0.2, 0.25) is 0 Å². The maximum Gasteiger partial charge on any atom is 0.104 e. The minimum atomic E-state index is 0.427. The molecule has 1 atom stereocenters. The third-order valence-electron chi connectivity index (χ3n) is 3.87. The molecule has 1 aliphatic rings. The number of benzene rings is 1. The third kappa shape index (κ3) is 3.71. The number of anilines is 1. The molecule has 2 rings (SSSR count). The Morgan fingerprint density at radius 3 is 2.75 bits per heavy atom. The van der Waals surface area contributed by atoms with Crippen molar-refractivity contribution in [3.63, 3.8) is 0 Å². The first-order valence-corrected chi connectivity index (χ1v) is 8.09. The van der Waals surface area contributed by atoms with E-state index in [1.807, 2.05) is 12.1 Å². The van der Waals surface area contributed by atoms with Gasteiger partial charge in [0.15, 0.2) is 0 Å². The summed E-state index contributed by atoms with van der Waals surface area (Å²) in [7, 11) is 1.74. The maximum atomic E-state index is 5.68. The molecule has 20 heavy (non-hydrogen) atoms. The Morgan fingerprint density at radius 2 is 2.25 bits per heavy atom. The summed E-state index contributed by atoms with van der Waals surface area (Å²) in [6.07, 6.45) is 2.65. The van der Waals surface area contributed by atoms with E-state index in [2.05, 4.69) is 33.8 Å². The molecule has 3 nitrogen and oxygen atoms in total. The topological polar surface area (TPSA) is 38.5 Å². The minimum absolute atomic E-state index is 0.427. The Bertz CT molecular complexity index is 491. The maximum absolute atomic E-state index is 5.68. The van der Waals surface area contributed by atoms with Crippen LogP contribution in [-0.2, 0) is 4.74 Å². The molecule has 1 fully saturated rings. The summed E-state index contributed by atoms with van der Waals surface area (Å²) < 4.78 is 6.28. The quantitative estimate of drug-likeness (QED) is 0.760. The number of hydrogen-bond donors (Lipinski definition) is 1. The molecule has 0 aromatic heterocycles. The molecular formula is C15H21BrN2OS. The molecule has 1 aliphatic carbocycles. The molecule has 0 bridgehead atoms. The van der Waals surface area contributed by atoms with Gasteiger partial charge < -0.3 is 15.4 Å². The van der Waals surface area contributed by atoms with Gasteiger partial charge in [0.05, 0.1) is 12.3 Å². The monoisotopic (exact) mass is 356 g/mol. The van der Waals surface area contributed by atoms with Gasteiger partial charge in [0.1, 0.15) is 4.99 Å². The van der Waals surface area contributed by atoms with E-state index in [9.17, 15) is 0 Å². The van der Waals surface area contributed by atoms with Crippen LogP contribution in [0.1, 0.15) is 25.3 Å². The highest BCUT2D eigenvalue weighted by Gasteiger charge is 2.32. The lowest BCUT2D eigenvalue weighted by Crippen LogP contribution is -2.37. The molecule has 1 saturated carbocycles. The first-order valence-electron chi connectivity index (χ1n) is 6.89. The molecule has 1 unspecified atom stereocenters. The van der Waals surface area contributed by atoms with Crippen molar-refractivity contribution in [1.29, 1.82) is 0 Å². The normalized spacial score (nSPS) is 15.9. The second kappa shape index (κ2) is 6.87. The van der Waals surface area contributed by atoms with Crippen LogP contribution in [0.3, 0.4) is 0 Å². The van der Waals surface area contributed by atoms with Crippen LogP contribution in [0.4, 0.5) is 5.69 Å². The number of thiocarbonyl (C=S) groups is 1. The van der Waals surface area contributed by atoms with Crippen molar-refractivity contribution in [3.8, 4) is 0 Å². The Labute approximate surface area is 134 Å². The van der Waals surface area contributed by atoms with Crippen molar-refractivity contribution < 1.29 is 4.74 Å². The summed E-state index contributed by atoms with van der Waals surface area (Å²) in [5.41, 5.74) is 7.76. The van der Waals surface area contributed by atoms with Crippen LogP contribution >= 0.6 is 28.1 Å². The zero-order valence-electron chi connectivity index (χ0n) is 11.9. The zero-order chi connectivity index (χ0) is 14.7. The predicted octanol–water partition coefficient (Wildman–Crippen LogP) is 3.33. The molecule has 0 radical (unpaired) electrons. The molecule has 0 heterocycles. The Balaban J connectivity index is 2.25. The van der Waals surface area contributed by atoms with E-state index in [0.717, 1.165) is 29.1 Å². The zero-order valence-corrected chi connectivity index (χ0v) is 14.3. The molecule has 2 N–H and O–H groups in total. The highest BCUT2D eigenvalue weighted by molar-refractivity contribution is 9.10. The van der Waals surface area contributed by atoms with Crippen molar-refractivity contribution >= 4 is 38.8 Å². The van der Waals surface area contributed by atoms with E-state index >= 15 is 0 Å². The molecular weight excluding hydrogens is 336 g/mol. The Hall–Kier alpha value is -0.650. The highest BCUT2D eigenvalue weighted by atomic mass is 79.9.